The molecule has 0 fully saturated rings. The average molecular weight is 277 g/mol. The highest BCUT2D eigenvalue weighted by Crippen LogP contribution is 2.29. The van der Waals surface area contributed by atoms with E-state index in [-0.39, 0.29) is 5.41 Å². The molecule has 0 atom stereocenters. The monoisotopic (exact) mass is 277 g/mol. The maximum absolute atomic E-state index is 6.14. The third kappa shape index (κ3) is 5.54. The largest absolute Gasteiger partial charge is 0.493 e. The Balaban J connectivity index is 2.71. The molecule has 20 heavy (non-hydrogen) atoms. The van der Waals surface area contributed by atoms with E-state index in [2.05, 4.69) is 72.0 Å². The number of hydrogen-bond acceptors (Lipinski definition) is 2. The van der Waals surface area contributed by atoms with Crippen molar-refractivity contribution in [1.82, 2.24) is 5.32 Å². The van der Waals surface area contributed by atoms with Gasteiger partial charge in [0.1, 0.15) is 5.75 Å². The summed E-state index contributed by atoms with van der Waals surface area (Å²) in [6.07, 6.45) is 0. The molecule has 0 bridgehead atoms. The molecule has 0 amide bonds. The predicted molar refractivity (Wildman–Crippen MR) is 87.7 cm³/mol. The van der Waals surface area contributed by atoms with Gasteiger partial charge in [0.15, 0.2) is 0 Å². The number of ether oxygens (including phenoxy) is 1. The van der Waals surface area contributed by atoms with E-state index in [1.807, 2.05) is 0 Å². The van der Waals surface area contributed by atoms with Crippen molar-refractivity contribution in [3.8, 4) is 5.75 Å². The molecule has 0 aromatic heterocycles. The molecule has 2 nitrogen and oxygen atoms in total. The Kier molecular flexibility index (Phi) is 6.07. The maximum Gasteiger partial charge on any atom is 0.123 e. The quantitative estimate of drug-likeness (QED) is 0.791. The number of rotatable bonds is 7. The van der Waals surface area contributed by atoms with Crippen LogP contribution in [0.15, 0.2) is 18.2 Å². The Morgan fingerprint density at radius 1 is 1.15 bits per heavy atom. The predicted octanol–water partition coefficient (Wildman–Crippen LogP) is 4.52. The van der Waals surface area contributed by atoms with Gasteiger partial charge in [0.05, 0.1) is 6.61 Å². The lowest BCUT2D eigenvalue weighted by atomic mass is 9.94. The van der Waals surface area contributed by atoms with Crippen LogP contribution in [0.4, 0.5) is 0 Å². The maximum atomic E-state index is 6.14. The smallest absolute Gasteiger partial charge is 0.123 e. The minimum absolute atomic E-state index is 0.127. The first-order valence-electron chi connectivity index (χ1n) is 7.68. The molecular weight excluding hydrogens is 246 g/mol. The summed E-state index contributed by atoms with van der Waals surface area (Å²) in [6, 6.07) is 7.02. The normalized spacial score (nSPS) is 12.2. The van der Waals surface area contributed by atoms with Gasteiger partial charge < -0.3 is 10.1 Å². The first kappa shape index (κ1) is 17.0. The molecule has 114 valence electrons. The molecule has 0 heterocycles. The molecule has 1 rings (SSSR count). The summed E-state index contributed by atoms with van der Waals surface area (Å²) in [4.78, 5) is 0. The van der Waals surface area contributed by atoms with Gasteiger partial charge in [-0.05, 0) is 30.0 Å². The molecule has 0 saturated heterocycles. The second kappa shape index (κ2) is 7.12. The van der Waals surface area contributed by atoms with Crippen molar-refractivity contribution in [2.24, 2.45) is 5.41 Å². The van der Waals surface area contributed by atoms with Gasteiger partial charge in [0.2, 0.25) is 0 Å². The van der Waals surface area contributed by atoms with Crippen molar-refractivity contribution in [3.63, 3.8) is 0 Å². The van der Waals surface area contributed by atoms with Crippen LogP contribution in [0.2, 0.25) is 0 Å². The highest BCUT2D eigenvalue weighted by Gasteiger charge is 2.20. The van der Waals surface area contributed by atoms with Crippen LogP contribution in [0.25, 0.3) is 0 Å². The Bertz CT molecular complexity index is 421. The van der Waals surface area contributed by atoms with Gasteiger partial charge in [-0.2, -0.15) is 0 Å². The SMILES string of the molecule is Cc1ccc(C(C)C)c(OCC(C)(C)CNC(C)C)c1. The molecule has 2 heteroatoms. The van der Waals surface area contributed by atoms with Crippen LogP contribution in [-0.2, 0) is 0 Å². The van der Waals surface area contributed by atoms with Crippen LogP contribution in [0.1, 0.15) is 58.6 Å². The fraction of sp³-hybridized carbons (Fsp3) is 0.667. The minimum Gasteiger partial charge on any atom is -0.493 e. The first-order valence-corrected chi connectivity index (χ1v) is 7.68. The second-order valence-electron chi connectivity index (χ2n) is 7.18. The van der Waals surface area contributed by atoms with Crippen LogP contribution < -0.4 is 10.1 Å². The van der Waals surface area contributed by atoms with Crippen molar-refractivity contribution in [2.45, 2.75) is 60.4 Å². The molecule has 0 radical (unpaired) electrons. The van der Waals surface area contributed by atoms with Crippen LogP contribution >= 0.6 is 0 Å². The van der Waals surface area contributed by atoms with Gasteiger partial charge in [-0.15, -0.1) is 0 Å². The zero-order valence-corrected chi connectivity index (χ0v) is 14.2. The Labute approximate surface area is 124 Å². The van der Waals surface area contributed by atoms with E-state index >= 15 is 0 Å². The molecule has 0 unspecified atom stereocenters. The average Bonchev–Trinajstić information content (AvgIpc) is 2.34. The van der Waals surface area contributed by atoms with Gasteiger partial charge in [-0.3, -0.25) is 0 Å². The van der Waals surface area contributed by atoms with Crippen molar-refractivity contribution in [3.05, 3.63) is 29.3 Å². The first-order chi connectivity index (χ1) is 9.21. The number of nitrogens with one attached hydrogen (secondary N) is 1. The van der Waals surface area contributed by atoms with Crippen LogP contribution in [-0.4, -0.2) is 19.2 Å². The highest BCUT2D eigenvalue weighted by atomic mass is 16.5. The van der Waals surface area contributed by atoms with Crippen molar-refractivity contribution >= 4 is 0 Å². The van der Waals surface area contributed by atoms with Gasteiger partial charge >= 0.3 is 0 Å². The Morgan fingerprint density at radius 2 is 1.80 bits per heavy atom. The fourth-order valence-electron chi connectivity index (χ4n) is 2.05. The minimum atomic E-state index is 0.127. The second-order valence-corrected chi connectivity index (χ2v) is 7.18. The molecule has 1 N–H and O–H groups in total. The van der Waals surface area contributed by atoms with Gasteiger partial charge in [-0.1, -0.05) is 53.7 Å². The Morgan fingerprint density at radius 3 is 2.35 bits per heavy atom. The summed E-state index contributed by atoms with van der Waals surface area (Å²) in [5.74, 6) is 1.53. The van der Waals surface area contributed by atoms with E-state index in [0.29, 0.717) is 12.0 Å². The van der Waals surface area contributed by atoms with Gasteiger partial charge in [0.25, 0.3) is 0 Å². The summed E-state index contributed by atoms with van der Waals surface area (Å²) in [5, 5.41) is 3.49. The van der Waals surface area contributed by atoms with E-state index in [0.717, 1.165) is 18.9 Å². The number of aryl methyl sites for hydroxylation is 1. The van der Waals surface area contributed by atoms with E-state index in [1.54, 1.807) is 0 Å². The summed E-state index contributed by atoms with van der Waals surface area (Å²) < 4.78 is 6.14. The van der Waals surface area contributed by atoms with Crippen LogP contribution in [0.5, 0.6) is 5.75 Å². The van der Waals surface area contributed by atoms with Crippen molar-refractivity contribution in [1.29, 1.82) is 0 Å². The lowest BCUT2D eigenvalue weighted by Gasteiger charge is -2.27. The molecule has 0 saturated carbocycles. The number of hydrogen-bond donors (Lipinski definition) is 1. The summed E-state index contributed by atoms with van der Waals surface area (Å²) >= 11 is 0. The van der Waals surface area contributed by atoms with E-state index in [9.17, 15) is 0 Å². The molecular formula is C18H31NO. The zero-order valence-electron chi connectivity index (χ0n) is 14.2. The molecule has 0 aliphatic heterocycles. The Hall–Kier alpha value is -1.02. The van der Waals surface area contributed by atoms with Gasteiger partial charge in [0, 0.05) is 18.0 Å². The molecule has 0 aliphatic carbocycles. The standard InChI is InChI=1S/C18H31NO/c1-13(2)16-9-8-15(5)10-17(16)20-12-18(6,7)11-19-14(3)4/h8-10,13-14,19H,11-12H2,1-7H3. The van der Waals surface area contributed by atoms with E-state index in [4.69, 9.17) is 4.74 Å². The molecule has 0 spiro atoms. The lowest BCUT2D eigenvalue weighted by Crippen LogP contribution is -2.37. The third-order valence-corrected chi connectivity index (χ3v) is 3.40. The zero-order chi connectivity index (χ0) is 15.3. The fourth-order valence-corrected chi connectivity index (χ4v) is 2.05. The van der Waals surface area contributed by atoms with Gasteiger partial charge in [-0.25, -0.2) is 0 Å². The van der Waals surface area contributed by atoms with Crippen LogP contribution in [0.3, 0.4) is 0 Å². The summed E-state index contributed by atoms with van der Waals surface area (Å²) in [7, 11) is 0. The summed E-state index contributed by atoms with van der Waals surface area (Å²) in [5.41, 5.74) is 2.67. The molecule has 0 aliphatic rings. The van der Waals surface area contributed by atoms with E-state index in [1.165, 1.54) is 11.1 Å². The molecule has 1 aromatic rings. The van der Waals surface area contributed by atoms with E-state index < -0.39 is 0 Å². The van der Waals surface area contributed by atoms with Crippen molar-refractivity contribution in [2.75, 3.05) is 13.2 Å². The highest BCUT2D eigenvalue weighted by molar-refractivity contribution is 5.39. The molecule has 1 aromatic carbocycles. The van der Waals surface area contributed by atoms with Crippen molar-refractivity contribution < 1.29 is 4.74 Å². The lowest BCUT2D eigenvalue weighted by molar-refractivity contribution is 0.172. The van der Waals surface area contributed by atoms with Crippen LogP contribution in [0, 0.1) is 12.3 Å². The topological polar surface area (TPSA) is 21.3 Å². The third-order valence-electron chi connectivity index (χ3n) is 3.40. The number of benzene rings is 1. The summed E-state index contributed by atoms with van der Waals surface area (Å²) in [6.45, 7) is 17.1.